The molecule has 25 heavy (non-hydrogen) atoms. The third-order valence-corrected chi connectivity index (χ3v) is 5.87. The van der Waals surface area contributed by atoms with Gasteiger partial charge in [-0.1, -0.05) is 0 Å². The highest BCUT2D eigenvalue weighted by Crippen LogP contribution is 2.36. The normalized spacial score (nSPS) is 22.4. The van der Waals surface area contributed by atoms with Crippen LogP contribution in [0.1, 0.15) is 29.4 Å². The van der Waals surface area contributed by atoms with Crippen molar-refractivity contribution in [1.82, 2.24) is 10.6 Å². The highest BCUT2D eigenvalue weighted by molar-refractivity contribution is 7.17. The van der Waals surface area contributed by atoms with Gasteiger partial charge in [-0.2, -0.15) is 0 Å². The summed E-state index contributed by atoms with van der Waals surface area (Å²) in [5, 5.41) is 6.58. The summed E-state index contributed by atoms with van der Waals surface area (Å²) in [5.74, 6) is 1.56. The van der Waals surface area contributed by atoms with Crippen molar-refractivity contribution in [2.75, 3.05) is 19.8 Å². The van der Waals surface area contributed by atoms with E-state index in [4.69, 9.17) is 9.47 Å². The maximum Gasteiger partial charge on any atom is 0.261 e. The molecule has 1 aromatic carbocycles. The quantitative estimate of drug-likeness (QED) is 0.885. The molecule has 0 saturated carbocycles. The van der Waals surface area contributed by atoms with E-state index in [2.05, 4.69) is 17.6 Å². The Balaban J connectivity index is 1.49. The lowest BCUT2D eigenvalue weighted by Crippen LogP contribution is -2.51. The molecular formula is C19H22N2O3S. The highest BCUT2D eigenvalue weighted by atomic mass is 32.1. The van der Waals surface area contributed by atoms with Crippen molar-refractivity contribution in [3.63, 3.8) is 0 Å². The Bertz CT molecular complexity index is 774. The number of hydrogen-bond acceptors (Lipinski definition) is 5. The molecule has 0 aliphatic carbocycles. The molecule has 5 nitrogen and oxygen atoms in total. The number of rotatable bonds is 3. The van der Waals surface area contributed by atoms with Crippen molar-refractivity contribution < 1.29 is 14.3 Å². The molecule has 0 bridgehead atoms. The van der Waals surface area contributed by atoms with Gasteiger partial charge >= 0.3 is 0 Å². The Morgan fingerprint density at radius 1 is 1.20 bits per heavy atom. The largest absolute Gasteiger partial charge is 0.486 e. The van der Waals surface area contributed by atoms with Crippen LogP contribution in [-0.2, 0) is 0 Å². The third kappa shape index (κ3) is 3.50. The summed E-state index contributed by atoms with van der Waals surface area (Å²) < 4.78 is 11.2. The topological polar surface area (TPSA) is 59.6 Å². The van der Waals surface area contributed by atoms with Crippen molar-refractivity contribution in [2.24, 2.45) is 0 Å². The van der Waals surface area contributed by atoms with E-state index in [0.29, 0.717) is 19.3 Å². The number of piperidine rings is 1. The fraction of sp³-hybridized carbons (Fsp3) is 0.421. The summed E-state index contributed by atoms with van der Waals surface area (Å²) >= 11 is 1.51. The van der Waals surface area contributed by atoms with Gasteiger partial charge in [-0.25, -0.2) is 0 Å². The molecule has 1 fully saturated rings. The fourth-order valence-corrected chi connectivity index (χ4v) is 4.20. The second-order valence-electron chi connectivity index (χ2n) is 6.49. The van der Waals surface area contributed by atoms with E-state index < -0.39 is 0 Å². The predicted molar refractivity (Wildman–Crippen MR) is 98.7 cm³/mol. The van der Waals surface area contributed by atoms with E-state index >= 15 is 0 Å². The van der Waals surface area contributed by atoms with Gasteiger partial charge in [-0.3, -0.25) is 4.79 Å². The minimum atomic E-state index is 0.00865. The molecule has 2 aliphatic rings. The number of nitrogens with one attached hydrogen (secondary N) is 2. The van der Waals surface area contributed by atoms with Crippen molar-refractivity contribution in [1.29, 1.82) is 0 Å². The van der Waals surface area contributed by atoms with Crippen molar-refractivity contribution in [3.05, 3.63) is 35.2 Å². The van der Waals surface area contributed by atoms with Gasteiger partial charge < -0.3 is 20.1 Å². The lowest BCUT2D eigenvalue weighted by Gasteiger charge is -2.30. The summed E-state index contributed by atoms with van der Waals surface area (Å²) in [6.07, 6.45) is 2.13. The second-order valence-corrected chi connectivity index (χ2v) is 7.57. The summed E-state index contributed by atoms with van der Waals surface area (Å²) in [7, 11) is 0. The molecule has 132 valence electrons. The van der Waals surface area contributed by atoms with Crippen LogP contribution >= 0.6 is 11.3 Å². The molecule has 2 aromatic rings. The molecule has 2 aliphatic heterocycles. The number of fused-ring (bicyclic) bond motifs is 1. The van der Waals surface area contributed by atoms with Gasteiger partial charge in [0.15, 0.2) is 11.5 Å². The van der Waals surface area contributed by atoms with E-state index in [1.165, 1.54) is 11.3 Å². The number of thiophene rings is 1. The lowest BCUT2D eigenvalue weighted by atomic mass is 10.00. The number of carbonyl (C=O) groups excluding carboxylic acids is 1. The van der Waals surface area contributed by atoms with Crippen LogP contribution < -0.4 is 20.1 Å². The molecule has 3 heterocycles. The average Bonchev–Trinajstić information content (AvgIpc) is 3.13. The van der Waals surface area contributed by atoms with Crippen LogP contribution in [0.2, 0.25) is 0 Å². The van der Waals surface area contributed by atoms with E-state index in [-0.39, 0.29) is 11.9 Å². The summed E-state index contributed by atoms with van der Waals surface area (Å²) in [6, 6.07) is 10.3. The van der Waals surface area contributed by atoms with Crippen LogP contribution in [0.25, 0.3) is 10.4 Å². The third-order valence-electron chi connectivity index (χ3n) is 4.73. The Hall–Kier alpha value is -2.05. The molecule has 1 amide bonds. The first-order valence-corrected chi connectivity index (χ1v) is 9.56. The first-order valence-electron chi connectivity index (χ1n) is 8.75. The summed E-state index contributed by atoms with van der Waals surface area (Å²) in [5.41, 5.74) is 1.04. The number of hydrogen-bond donors (Lipinski definition) is 2. The van der Waals surface area contributed by atoms with Crippen molar-refractivity contribution in [2.45, 2.75) is 31.8 Å². The Morgan fingerprint density at radius 2 is 2.04 bits per heavy atom. The number of amides is 1. The van der Waals surface area contributed by atoms with Gasteiger partial charge in [0.05, 0.1) is 4.88 Å². The monoisotopic (exact) mass is 358 g/mol. The minimum Gasteiger partial charge on any atom is -0.486 e. The molecule has 2 atom stereocenters. The summed E-state index contributed by atoms with van der Waals surface area (Å²) in [6.45, 7) is 4.31. The summed E-state index contributed by atoms with van der Waals surface area (Å²) in [4.78, 5) is 14.4. The zero-order chi connectivity index (χ0) is 17.2. The molecule has 2 N–H and O–H groups in total. The lowest BCUT2D eigenvalue weighted by molar-refractivity contribution is 0.0924. The van der Waals surface area contributed by atoms with E-state index in [9.17, 15) is 4.79 Å². The molecular weight excluding hydrogens is 336 g/mol. The Morgan fingerprint density at radius 3 is 2.88 bits per heavy atom. The smallest absolute Gasteiger partial charge is 0.261 e. The van der Waals surface area contributed by atoms with Crippen LogP contribution in [0.4, 0.5) is 0 Å². The van der Waals surface area contributed by atoms with Crippen molar-refractivity contribution in [3.8, 4) is 21.9 Å². The fourth-order valence-electron chi connectivity index (χ4n) is 3.29. The van der Waals surface area contributed by atoms with E-state index in [0.717, 1.165) is 46.2 Å². The maximum atomic E-state index is 12.6. The van der Waals surface area contributed by atoms with Crippen LogP contribution in [0.3, 0.4) is 0 Å². The van der Waals surface area contributed by atoms with Crippen LogP contribution in [0.15, 0.2) is 30.3 Å². The molecule has 0 spiro atoms. The van der Waals surface area contributed by atoms with Crippen molar-refractivity contribution >= 4 is 17.2 Å². The van der Waals surface area contributed by atoms with Gasteiger partial charge in [0, 0.05) is 17.0 Å². The van der Waals surface area contributed by atoms with Gasteiger partial charge in [0.1, 0.15) is 13.2 Å². The standard InChI is InChI=1S/C19H22N2O3S/c1-12-14(3-2-8-20-12)21-19(22)18-7-6-17(25-18)13-4-5-15-16(11-13)24-10-9-23-15/h4-7,11-12,14,20H,2-3,8-10H2,1H3,(H,21,22). The van der Waals surface area contributed by atoms with Crippen LogP contribution in [0.5, 0.6) is 11.5 Å². The Kier molecular flexibility index (Phi) is 4.63. The minimum absolute atomic E-state index is 0.00865. The van der Waals surface area contributed by atoms with Gasteiger partial charge in [0.25, 0.3) is 5.91 Å². The molecule has 0 radical (unpaired) electrons. The predicted octanol–water partition coefficient (Wildman–Crippen LogP) is 3.06. The molecule has 1 aromatic heterocycles. The van der Waals surface area contributed by atoms with Crippen LogP contribution in [0, 0.1) is 0 Å². The SMILES string of the molecule is CC1NCCCC1NC(=O)c1ccc(-c2ccc3c(c2)OCCO3)s1. The zero-order valence-corrected chi connectivity index (χ0v) is 15.0. The first kappa shape index (κ1) is 16.4. The van der Waals surface area contributed by atoms with E-state index in [1.54, 1.807) is 0 Å². The molecule has 1 saturated heterocycles. The van der Waals surface area contributed by atoms with Gasteiger partial charge in [-0.05, 0) is 62.2 Å². The van der Waals surface area contributed by atoms with Crippen LogP contribution in [-0.4, -0.2) is 37.7 Å². The maximum absolute atomic E-state index is 12.6. The second kappa shape index (κ2) is 7.06. The van der Waals surface area contributed by atoms with Gasteiger partial charge in [0.2, 0.25) is 0 Å². The first-order chi connectivity index (χ1) is 12.2. The Labute approximate surface area is 151 Å². The zero-order valence-electron chi connectivity index (χ0n) is 14.2. The number of carbonyl (C=O) groups is 1. The number of benzene rings is 1. The van der Waals surface area contributed by atoms with Gasteiger partial charge in [-0.15, -0.1) is 11.3 Å². The van der Waals surface area contributed by atoms with E-state index in [1.807, 2.05) is 30.3 Å². The number of ether oxygens (including phenoxy) is 2. The molecule has 6 heteroatoms. The average molecular weight is 358 g/mol. The highest BCUT2D eigenvalue weighted by Gasteiger charge is 2.23. The molecule has 2 unspecified atom stereocenters. The molecule has 4 rings (SSSR count).